The molecule has 0 saturated heterocycles. The van der Waals surface area contributed by atoms with Crippen LogP contribution in [0.25, 0.3) is 0 Å². The second kappa shape index (κ2) is 2.79. The summed E-state index contributed by atoms with van der Waals surface area (Å²) in [6.45, 7) is 0. The van der Waals surface area contributed by atoms with Crippen LogP contribution in [0.2, 0.25) is 0 Å². The standard InChI is InChI=1S/C5H9BrO3S/c6-4-1-2-5(3-4)10(7,8)9/h4-5H,1-3H2,(H,7,8,9). The molecule has 3 nitrogen and oxygen atoms in total. The maximum Gasteiger partial charge on any atom is 0.267 e. The fraction of sp³-hybridized carbons (Fsp3) is 1.00. The van der Waals surface area contributed by atoms with Crippen molar-refractivity contribution in [3.8, 4) is 0 Å². The van der Waals surface area contributed by atoms with Crippen molar-refractivity contribution in [3.05, 3.63) is 0 Å². The van der Waals surface area contributed by atoms with Crippen molar-refractivity contribution < 1.29 is 13.0 Å². The minimum absolute atomic E-state index is 0.263. The molecule has 0 aromatic rings. The van der Waals surface area contributed by atoms with E-state index in [4.69, 9.17) is 4.55 Å². The van der Waals surface area contributed by atoms with Gasteiger partial charge in [-0.15, -0.1) is 0 Å². The third-order valence-corrected chi connectivity index (χ3v) is 3.84. The lowest BCUT2D eigenvalue weighted by atomic mass is 10.4. The molecule has 2 atom stereocenters. The maximum absolute atomic E-state index is 10.5. The molecule has 1 rings (SSSR count). The van der Waals surface area contributed by atoms with E-state index in [1.165, 1.54) is 0 Å². The van der Waals surface area contributed by atoms with Crippen LogP contribution in [0, 0.1) is 0 Å². The van der Waals surface area contributed by atoms with Crippen LogP contribution in [0.15, 0.2) is 0 Å². The summed E-state index contributed by atoms with van der Waals surface area (Å²) in [5, 5.41) is -0.531. The molecule has 0 aliphatic heterocycles. The van der Waals surface area contributed by atoms with Gasteiger partial charge in [0.05, 0.1) is 5.25 Å². The summed E-state index contributed by atoms with van der Waals surface area (Å²) in [4.78, 5) is 0.263. The topological polar surface area (TPSA) is 54.4 Å². The van der Waals surface area contributed by atoms with Crippen LogP contribution in [-0.2, 0) is 10.1 Å². The van der Waals surface area contributed by atoms with Gasteiger partial charge in [-0.3, -0.25) is 4.55 Å². The SMILES string of the molecule is O=S(=O)(O)C1CCC(Br)C1. The van der Waals surface area contributed by atoms with E-state index < -0.39 is 15.4 Å². The minimum Gasteiger partial charge on any atom is -0.285 e. The molecular weight excluding hydrogens is 220 g/mol. The van der Waals surface area contributed by atoms with Crippen molar-refractivity contribution >= 4 is 26.0 Å². The van der Waals surface area contributed by atoms with Crippen molar-refractivity contribution in [2.45, 2.75) is 29.3 Å². The molecule has 60 valence electrons. The van der Waals surface area contributed by atoms with E-state index in [1.807, 2.05) is 0 Å². The van der Waals surface area contributed by atoms with Crippen molar-refractivity contribution in [2.24, 2.45) is 0 Å². The zero-order chi connectivity index (χ0) is 7.78. The van der Waals surface area contributed by atoms with Gasteiger partial charge >= 0.3 is 0 Å². The number of rotatable bonds is 1. The van der Waals surface area contributed by atoms with Crippen molar-refractivity contribution in [1.29, 1.82) is 0 Å². The summed E-state index contributed by atoms with van der Waals surface area (Å²) in [6, 6.07) is 0. The van der Waals surface area contributed by atoms with E-state index in [0.29, 0.717) is 12.8 Å². The van der Waals surface area contributed by atoms with Crippen molar-refractivity contribution in [3.63, 3.8) is 0 Å². The van der Waals surface area contributed by atoms with Crippen molar-refractivity contribution in [1.82, 2.24) is 0 Å². The molecular formula is C5H9BrO3S. The second-order valence-corrected chi connectivity index (χ2v) is 5.54. The van der Waals surface area contributed by atoms with Gasteiger partial charge in [0.2, 0.25) is 0 Å². The number of hydrogen-bond donors (Lipinski definition) is 1. The molecule has 0 aromatic carbocycles. The Morgan fingerprint density at radius 2 is 2.00 bits per heavy atom. The molecule has 1 fully saturated rings. The second-order valence-electron chi connectivity index (χ2n) is 2.55. The predicted octanol–water partition coefficient (Wildman–Crippen LogP) is 1.19. The Kier molecular flexibility index (Phi) is 2.37. The van der Waals surface area contributed by atoms with Crippen LogP contribution in [0.5, 0.6) is 0 Å². The Bertz CT molecular complexity index is 211. The fourth-order valence-electron chi connectivity index (χ4n) is 1.16. The molecule has 1 aliphatic rings. The highest BCUT2D eigenvalue weighted by Crippen LogP contribution is 2.29. The third-order valence-electron chi connectivity index (χ3n) is 1.74. The molecule has 1 aliphatic carbocycles. The quantitative estimate of drug-likeness (QED) is 0.542. The first-order chi connectivity index (χ1) is 4.50. The molecule has 0 bridgehead atoms. The zero-order valence-electron chi connectivity index (χ0n) is 5.33. The van der Waals surface area contributed by atoms with Gasteiger partial charge in [0.1, 0.15) is 0 Å². The van der Waals surface area contributed by atoms with E-state index in [0.717, 1.165) is 6.42 Å². The van der Waals surface area contributed by atoms with Gasteiger partial charge in [-0.1, -0.05) is 15.9 Å². The Morgan fingerprint density at radius 1 is 1.40 bits per heavy atom. The zero-order valence-corrected chi connectivity index (χ0v) is 7.73. The smallest absolute Gasteiger partial charge is 0.267 e. The van der Waals surface area contributed by atoms with Crippen LogP contribution in [0.4, 0.5) is 0 Å². The summed E-state index contributed by atoms with van der Waals surface area (Å²) in [5.74, 6) is 0. The van der Waals surface area contributed by atoms with Crippen molar-refractivity contribution in [2.75, 3.05) is 0 Å². The van der Waals surface area contributed by atoms with Gasteiger partial charge in [-0.2, -0.15) is 8.42 Å². The van der Waals surface area contributed by atoms with Gasteiger partial charge in [-0.25, -0.2) is 0 Å². The highest BCUT2D eigenvalue weighted by molar-refractivity contribution is 9.09. The molecule has 5 heteroatoms. The molecule has 1 saturated carbocycles. The normalized spacial score (nSPS) is 34.6. The number of halogens is 1. The number of hydrogen-bond acceptors (Lipinski definition) is 2. The lowest BCUT2D eigenvalue weighted by Crippen LogP contribution is -2.16. The summed E-state index contributed by atoms with van der Waals surface area (Å²) < 4.78 is 29.6. The average molecular weight is 229 g/mol. The first kappa shape index (κ1) is 8.49. The third kappa shape index (κ3) is 1.93. The Balaban J connectivity index is 2.62. The Labute approximate surface area is 68.7 Å². The molecule has 0 aromatic heterocycles. The maximum atomic E-state index is 10.5. The van der Waals surface area contributed by atoms with E-state index in [2.05, 4.69) is 15.9 Å². The molecule has 2 unspecified atom stereocenters. The first-order valence-electron chi connectivity index (χ1n) is 3.10. The summed E-state index contributed by atoms with van der Waals surface area (Å²) in [7, 11) is -3.77. The van der Waals surface area contributed by atoms with Gasteiger partial charge in [-0.05, 0) is 19.3 Å². The van der Waals surface area contributed by atoms with Crippen LogP contribution in [0.3, 0.4) is 0 Å². The lowest BCUT2D eigenvalue weighted by molar-refractivity contribution is 0.467. The summed E-state index contributed by atoms with van der Waals surface area (Å²) in [6.07, 6.45) is 1.96. The fourth-order valence-corrected chi connectivity index (χ4v) is 3.03. The van der Waals surface area contributed by atoms with Crippen LogP contribution in [-0.4, -0.2) is 23.0 Å². The molecule has 0 spiro atoms. The molecule has 0 radical (unpaired) electrons. The highest BCUT2D eigenvalue weighted by Gasteiger charge is 2.31. The summed E-state index contributed by atoms with van der Waals surface area (Å²) >= 11 is 3.30. The van der Waals surface area contributed by atoms with Gasteiger partial charge in [0.25, 0.3) is 10.1 Å². The number of alkyl halides is 1. The molecule has 0 amide bonds. The van der Waals surface area contributed by atoms with E-state index in [1.54, 1.807) is 0 Å². The van der Waals surface area contributed by atoms with E-state index in [9.17, 15) is 8.42 Å². The largest absolute Gasteiger partial charge is 0.285 e. The first-order valence-corrected chi connectivity index (χ1v) is 5.52. The molecule has 10 heavy (non-hydrogen) atoms. The van der Waals surface area contributed by atoms with Gasteiger partial charge < -0.3 is 0 Å². The average Bonchev–Trinajstić information content (AvgIpc) is 2.11. The van der Waals surface area contributed by atoms with Gasteiger partial charge in [0.15, 0.2) is 0 Å². The van der Waals surface area contributed by atoms with Crippen LogP contribution >= 0.6 is 15.9 Å². The molecule has 1 N–H and O–H groups in total. The Morgan fingerprint density at radius 3 is 2.20 bits per heavy atom. The van der Waals surface area contributed by atoms with Crippen LogP contribution in [0.1, 0.15) is 19.3 Å². The van der Waals surface area contributed by atoms with Crippen LogP contribution < -0.4 is 0 Å². The molecule has 0 heterocycles. The van der Waals surface area contributed by atoms with Gasteiger partial charge in [0, 0.05) is 4.83 Å². The minimum atomic E-state index is -3.77. The van der Waals surface area contributed by atoms with E-state index in [-0.39, 0.29) is 4.83 Å². The highest BCUT2D eigenvalue weighted by atomic mass is 79.9. The predicted molar refractivity (Wildman–Crippen MR) is 41.9 cm³/mol. The monoisotopic (exact) mass is 228 g/mol. The summed E-state index contributed by atoms with van der Waals surface area (Å²) in [5.41, 5.74) is 0. The van der Waals surface area contributed by atoms with E-state index >= 15 is 0 Å². The Hall–Kier alpha value is 0.390. The lowest BCUT2D eigenvalue weighted by Gasteiger charge is -2.02.